The Morgan fingerprint density at radius 3 is 2.11 bits per heavy atom. The maximum atomic E-state index is 13.8. The van der Waals surface area contributed by atoms with Gasteiger partial charge in [-0.15, -0.1) is 0 Å². The summed E-state index contributed by atoms with van der Waals surface area (Å²) < 4.78 is 41.8. The summed E-state index contributed by atoms with van der Waals surface area (Å²) in [6.07, 6.45) is 0.724. The number of amides is 2. The summed E-state index contributed by atoms with van der Waals surface area (Å²) >= 11 is 0. The number of benzene rings is 3. The molecule has 7 nitrogen and oxygen atoms in total. The lowest BCUT2D eigenvalue weighted by molar-refractivity contribution is -0.139. The van der Waals surface area contributed by atoms with Gasteiger partial charge in [-0.05, 0) is 69.2 Å². The van der Waals surface area contributed by atoms with Gasteiger partial charge in [-0.1, -0.05) is 55.0 Å². The van der Waals surface area contributed by atoms with E-state index in [9.17, 15) is 22.4 Å². The smallest absolute Gasteiger partial charge is 0.264 e. The molecule has 0 unspecified atom stereocenters. The van der Waals surface area contributed by atoms with E-state index in [2.05, 4.69) is 5.32 Å². The van der Waals surface area contributed by atoms with Crippen LogP contribution in [0.15, 0.2) is 83.8 Å². The lowest BCUT2D eigenvalue weighted by Gasteiger charge is -2.32. The normalized spacial score (nSPS) is 12.9. The number of hydrogen-bond acceptors (Lipinski definition) is 4. The van der Waals surface area contributed by atoms with Crippen LogP contribution in [-0.4, -0.2) is 43.8 Å². The van der Waals surface area contributed by atoms with Crippen molar-refractivity contribution in [3.63, 3.8) is 0 Å². The topological polar surface area (TPSA) is 86.8 Å². The molecule has 1 N–H and O–H groups in total. The van der Waals surface area contributed by atoms with Gasteiger partial charge in [0.1, 0.15) is 18.4 Å². The van der Waals surface area contributed by atoms with E-state index in [-0.39, 0.29) is 29.1 Å². The standard InChI is InChI=1S/C29H34FN3O4S/c1-5-22(3)31-29(35)23(4)32(19-24-13-11-21(2)12-14-24)28(34)20-33(26-9-7-6-8-10-26)38(36,37)27-17-15-25(30)16-18-27/h6-18,22-23H,5,19-20H2,1-4H3,(H,31,35)/t22-,23+/m1/s1. The molecule has 202 valence electrons. The number of anilines is 1. The Bertz CT molecular complexity index is 1330. The molecule has 3 aromatic carbocycles. The summed E-state index contributed by atoms with van der Waals surface area (Å²) in [7, 11) is -4.23. The van der Waals surface area contributed by atoms with E-state index in [0.717, 1.165) is 46.1 Å². The molecule has 9 heteroatoms. The van der Waals surface area contributed by atoms with Crippen LogP contribution in [-0.2, 0) is 26.2 Å². The van der Waals surface area contributed by atoms with Crippen molar-refractivity contribution in [1.29, 1.82) is 0 Å². The Kier molecular flexibility index (Phi) is 9.63. The Labute approximate surface area is 224 Å². The van der Waals surface area contributed by atoms with E-state index in [1.54, 1.807) is 37.3 Å². The number of aryl methyl sites for hydroxylation is 1. The summed E-state index contributed by atoms with van der Waals surface area (Å²) in [5.74, 6) is -1.45. The van der Waals surface area contributed by atoms with Crippen LogP contribution in [0, 0.1) is 12.7 Å². The van der Waals surface area contributed by atoms with E-state index >= 15 is 0 Å². The van der Waals surface area contributed by atoms with E-state index in [1.165, 1.54) is 4.90 Å². The van der Waals surface area contributed by atoms with E-state index in [0.29, 0.717) is 0 Å². The van der Waals surface area contributed by atoms with Crippen molar-refractivity contribution in [2.45, 2.75) is 57.6 Å². The molecule has 0 heterocycles. The third-order valence-electron chi connectivity index (χ3n) is 6.37. The second-order valence-electron chi connectivity index (χ2n) is 9.30. The van der Waals surface area contributed by atoms with E-state index in [1.807, 2.05) is 45.0 Å². The molecule has 3 rings (SSSR count). The monoisotopic (exact) mass is 539 g/mol. The zero-order valence-corrected chi connectivity index (χ0v) is 22.9. The first-order valence-electron chi connectivity index (χ1n) is 12.5. The first-order chi connectivity index (χ1) is 18.0. The summed E-state index contributed by atoms with van der Waals surface area (Å²) in [6.45, 7) is 6.98. The number of carbonyl (C=O) groups is 2. The minimum Gasteiger partial charge on any atom is -0.352 e. The Hall–Kier alpha value is -3.72. The molecule has 0 saturated carbocycles. The summed E-state index contributed by atoms with van der Waals surface area (Å²) in [5.41, 5.74) is 2.13. The van der Waals surface area contributed by atoms with Crippen LogP contribution in [0.2, 0.25) is 0 Å². The predicted octanol–water partition coefficient (Wildman–Crippen LogP) is 4.66. The number of carbonyl (C=O) groups excluding carboxylic acids is 2. The number of halogens is 1. The molecule has 0 fully saturated rings. The van der Waals surface area contributed by atoms with E-state index in [4.69, 9.17) is 0 Å². The molecular formula is C29H34FN3O4S. The van der Waals surface area contributed by atoms with Gasteiger partial charge in [0.15, 0.2) is 0 Å². The van der Waals surface area contributed by atoms with Crippen LogP contribution in [0.5, 0.6) is 0 Å². The first-order valence-corrected chi connectivity index (χ1v) is 14.0. The minimum absolute atomic E-state index is 0.0825. The van der Waals surface area contributed by atoms with Crippen molar-refractivity contribution >= 4 is 27.5 Å². The number of hydrogen-bond donors (Lipinski definition) is 1. The molecule has 0 aromatic heterocycles. The highest BCUT2D eigenvalue weighted by molar-refractivity contribution is 7.92. The van der Waals surface area contributed by atoms with Gasteiger partial charge in [0.05, 0.1) is 10.6 Å². The molecule has 3 aromatic rings. The second kappa shape index (κ2) is 12.7. The Balaban J connectivity index is 1.99. The van der Waals surface area contributed by atoms with Crippen LogP contribution >= 0.6 is 0 Å². The third-order valence-corrected chi connectivity index (χ3v) is 8.15. The second-order valence-corrected chi connectivity index (χ2v) is 11.2. The van der Waals surface area contributed by atoms with Crippen molar-refractivity contribution in [2.75, 3.05) is 10.8 Å². The van der Waals surface area contributed by atoms with Gasteiger partial charge in [-0.25, -0.2) is 12.8 Å². The number of nitrogens with zero attached hydrogens (tertiary/aromatic N) is 2. The van der Waals surface area contributed by atoms with Crippen LogP contribution < -0.4 is 9.62 Å². The highest BCUT2D eigenvalue weighted by Gasteiger charge is 2.32. The molecule has 2 atom stereocenters. The van der Waals surface area contributed by atoms with Crippen molar-refractivity contribution < 1.29 is 22.4 Å². The van der Waals surface area contributed by atoms with E-state index < -0.39 is 34.3 Å². The summed E-state index contributed by atoms with van der Waals surface area (Å²) in [4.78, 5) is 28.1. The van der Waals surface area contributed by atoms with Gasteiger partial charge >= 0.3 is 0 Å². The zero-order valence-electron chi connectivity index (χ0n) is 22.1. The molecular weight excluding hydrogens is 505 g/mol. The largest absolute Gasteiger partial charge is 0.352 e. The average Bonchev–Trinajstić information content (AvgIpc) is 2.91. The lowest BCUT2D eigenvalue weighted by atomic mass is 10.1. The highest BCUT2D eigenvalue weighted by atomic mass is 32.2. The van der Waals surface area contributed by atoms with Gasteiger partial charge in [0.25, 0.3) is 10.0 Å². The molecule has 0 spiro atoms. The lowest BCUT2D eigenvalue weighted by Crippen LogP contribution is -2.52. The van der Waals surface area contributed by atoms with Crippen LogP contribution in [0.4, 0.5) is 10.1 Å². The number of rotatable bonds is 11. The predicted molar refractivity (Wildman–Crippen MR) is 146 cm³/mol. The number of sulfonamides is 1. The fourth-order valence-corrected chi connectivity index (χ4v) is 5.21. The molecule has 0 bridgehead atoms. The quantitative estimate of drug-likeness (QED) is 0.384. The first kappa shape index (κ1) is 28.8. The Morgan fingerprint density at radius 1 is 0.921 bits per heavy atom. The number of nitrogens with one attached hydrogen (secondary N) is 1. The average molecular weight is 540 g/mol. The van der Waals surface area contributed by atoms with Gasteiger partial charge in [0, 0.05) is 12.6 Å². The molecule has 2 amide bonds. The van der Waals surface area contributed by atoms with Gasteiger partial charge in [-0.2, -0.15) is 0 Å². The maximum absolute atomic E-state index is 13.8. The van der Waals surface area contributed by atoms with Crippen molar-refractivity contribution in [3.05, 3.63) is 95.8 Å². The van der Waals surface area contributed by atoms with Gasteiger partial charge < -0.3 is 10.2 Å². The minimum atomic E-state index is -4.23. The van der Waals surface area contributed by atoms with Crippen LogP contribution in [0.1, 0.15) is 38.3 Å². The highest BCUT2D eigenvalue weighted by Crippen LogP contribution is 2.24. The fraction of sp³-hybridized carbons (Fsp3) is 0.310. The maximum Gasteiger partial charge on any atom is 0.264 e. The van der Waals surface area contributed by atoms with Crippen molar-refractivity contribution in [3.8, 4) is 0 Å². The molecule has 0 aliphatic carbocycles. The SMILES string of the molecule is CC[C@@H](C)NC(=O)[C@H](C)N(Cc1ccc(C)cc1)C(=O)CN(c1ccccc1)S(=O)(=O)c1ccc(F)cc1. The zero-order chi connectivity index (χ0) is 27.9. The van der Waals surface area contributed by atoms with Crippen molar-refractivity contribution in [1.82, 2.24) is 10.2 Å². The Morgan fingerprint density at radius 2 is 1.53 bits per heavy atom. The van der Waals surface area contributed by atoms with Crippen LogP contribution in [0.3, 0.4) is 0 Å². The molecule has 0 aliphatic rings. The van der Waals surface area contributed by atoms with Gasteiger partial charge in [0.2, 0.25) is 11.8 Å². The molecule has 38 heavy (non-hydrogen) atoms. The molecule has 0 saturated heterocycles. The summed E-state index contributed by atoms with van der Waals surface area (Å²) in [5, 5.41) is 2.91. The van der Waals surface area contributed by atoms with Crippen molar-refractivity contribution in [2.24, 2.45) is 0 Å². The van der Waals surface area contributed by atoms with Gasteiger partial charge in [-0.3, -0.25) is 13.9 Å². The summed E-state index contributed by atoms with van der Waals surface area (Å²) in [6, 6.07) is 19.3. The number of para-hydroxylation sites is 1. The molecule has 0 radical (unpaired) electrons. The van der Waals surface area contributed by atoms with Crippen LogP contribution in [0.25, 0.3) is 0 Å². The fourth-order valence-electron chi connectivity index (χ4n) is 3.80. The third kappa shape index (κ3) is 7.19. The molecule has 0 aliphatic heterocycles.